The third kappa shape index (κ3) is 5.19. The fourth-order valence-electron chi connectivity index (χ4n) is 1.63. The third-order valence-corrected chi connectivity index (χ3v) is 2.68. The van der Waals surface area contributed by atoms with Crippen LogP contribution in [0.2, 0.25) is 5.15 Å². The Morgan fingerprint density at radius 2 is 1.94 bits per heavy atom. The Labute approximate surface area is 114 Å². The molecule has 0 spiro atoms. The van der Waals surface area contributed by atoms with E-state index in [0.29, 0.717) is 29.3 Å². The second kappa shape index (κ2) is 6.90. The van der Waals surface area contributed by atoms with Gasteiger partial charge < -0.3 is 10.4 Å². The number of rotatable bonds is 6. The molecule has 4 nitrogen and oxygen atoms in total. The summed E-state index contributed by atoms with van der Waals surface area (Å²) in [6.07, 6.45) is 0.393. The van der Waals surface area contributed by atoms with Gasteiger partial charge in [-0.1, -0.05) is 39.3 Å². The standard InChI is InChI=1S/C13H22ClN3O/c1-8(2)5-10(18)7-15-12-6-11(14)16-13(17-12)9(3)4/h6,8-10,18H,5,7H2,1-4H3,(H,15,16,17). The van der Waals surface area contributed by atoms with E-state index in [1.807, 2.05) is 13.8 Å². The monoisotopic (exact) mass is 271 g/mol. The smallest absolute Gasteiger partial charge is 0.135 e. The molecule has 0 aliphatic heterocycles. The fraction of sp³-hybridized carbons (Fsp3) is 0.692. The van der Waals surface area contributed by atoms with Crippen molar-refractivity contribution < 1.29 is 5.11 Å². The molecule has 0 aromatic carbocycles. The summed E-state index contributed by atoms with van der Waals surface area (Å²) in [5.41, 5.74) is 0. The van der Waals surface area contributed by atoms with E-state index >= 15 is 0 Å². The van der Waals surface area contributed by atoms with Gasteiger partial charge in [-0.25, -0.2) is 9.97 Å². The Bertz CT molecular complexity index is 382. The van der Waals surface area contributed by atoms with Crippen LogP contribution in [0, 0.1) is 5.92 Å². The van der Waals surface area contributed by atoms with Crippen LogP contribution in [0.1, 0.15) is 45.9 Å². The van der Waals surface area contributed by atoms with Gasteiger partial charge in [0.1, 0.15) is 16.8 Å². The van der Waals surface area contributed by atoms with Crippen molar-refractivity contribution in [1.29, 1.82) is 0 Å². The van der Waals surface area contributed by atoms with E-state index in [2.05, 4.69) is 29.1 Å². The molecule has 0 amide bonds. The van der Waals surface area contributed by atoms with Crippen molar-refractivity contribution in [2.45, 2.75) is 46.1 Å². The third-order valence-electron chi connectivity index (χ3n) is 2.49. The molecule has 1 aromatic rings. The Morgan fingerprint density at radius 3 is 2.50 bits per heavy atom. The normalized spacial score (nSPS) is 13.1. The highest BCUT2D eigenvalue weighted by atomic mass is 35.5. The Kier molecular flexibility index (Phi) is 5.82. The Hall–Kier alpha value is -0.870. The number of anilines is 1. The maximum absolute atomic E-state index is 9.79. The lowest BCUT2D eigenvalue weighted by Gasteiger charge is -2.15. The highest BCUT2D eigenvalue weighted by Gasteiger charge is 2.10. The predicted octanol–water partition coefficient (Wildman–Crippen LogP) is 3.07. The molecule has 0 bridgehead atoms. The van der Waals surface area contributed by atoms with Gasteiger partial charge in [0.25, 0.3) is 0 Å². The molecule has 0 aliphatic carbocycles. The molecule has 1 aromatic heterocycles. The molecule has 0 saturated heterocycles. The lowest BCUT2D eigenvalue weighted by Crippen LogP contribution is -2.22. The van der Waals surface area contributed by atoms with E-state index in [9.17, 15) is 5.11 Å². The lowest BCUT2D eigenvalue weighted by atomic mass is 10.1. The average Bonchev–Trinajstić information content (AvgIpc) is 2.24. The molecule has 0 aliphatic rings. The van der Waals surface area contributed by atoms with Crippen molar-refractivity contribution in [2.75, 3.05) is 11.9 Å². The Balaban J connectivity index is 2.62. The van der Waals surface area contributed by atoms with E-state index in [0.717, 1.165) is 6.42 Å². The number of halogens is 1. The van der Waals surface area contributed by atoms with Gasteiger partial charge in [-0.15, -0.1) is 0 Å². The summed E-state index contributed by atoms with van der Waals surface area (Å²) in [6, 6.07) is 1.68. The second-order valence-electron chi connectivity index (χ2n) is 5.25. The number of aromatic nitrogens is 2. The molecule has 1 unspecified atom stereocenters. The van der Waals surface area contributed by atoms with Crippen molar-refractivity contribution in [2.24, 2.45) is 5.92 Å². The highest BCUT2D eigenvalue weighted by molar-refractivity contribution is 6.29. The number of aliphatic hydroxyl groups excluding tert-OH is 1. The first kappa shape index (κ1) is 15.2. The minimum atomic E-state index is -0.374. The summed E-state index contributed by atoms with van der Waals surface area (Å²) in [5.74, 6) is 2.08. The molecular formula is C13H22ClN3O. The largest absolute Gasteiger partial charge is 0.391 e. The number of aliphatic hydroxyl groups is 1. The van der Waals surface area contributed by atoms with Crippen molar-refractivity contribution in [3.63, 3.8) is 0 Å². The highest BCUT2D eigenvalue weighted by Crippen LogP contribution is 2.17. The van der Waals surface area contributed by atoms with Gasteiger partial charge in [-0.05, 0) is 12.3 Å². The number of nitrogens with one attached hydrogen (secondary N) is 1. The van der Waals surface area contributed by atoms with E-state index in [4.69, 9.17) is 11.6 Å². The van der Waals surface area contributed by atoms with Crippen molar-refractivity contribution >= 4 is 17.4 Å². The minimum absolute atomic E-state index is 0.227. The quantitative estimate of drug-likeness (QED) is 0.781. The van der Waals surface area contributed by atoms with E-state index < -0.39 is 0 Å². The fourth-order valence-corrected chi connectivity index (χ4v) is 1.82. The van der Waals surface area contributed by atoms with Crippen molar-refractivity contribution in [3.05, 3.63) is 17.0 Å². The molecule has 1 heterocycles. The zero-order valence-electron chi connectivity index (χ0n) is 11.4. The zero-order valence-corrected chi connectivity index (χ0v) is 12.2. The molecule has 18 heavy (non-hydrogen) atoms. The molecule has 1 rings (SSSR count). The molecular weight excluding hydrogens is 250 g/mol. The van der Waals surface area contributed by atoms with Crippen LogP contribution >= 0.6 is 11.6 Å². The van der Waals surface area contributed by atoms with Crippen LogP contribution in [0.25, 0.3) is 0 Å². The van der Waals surface area contributed by atoms with E-state index in [1.165, 1.54) is 0 Å². The van der Waals surface area contributed by atoms with Crippen molar-refractivity contribution in [1.82, 2.24) is 9.97 Å². The van der Waals surface area contributed by atoms with Crippen LogP contribution in [0.4, 0.5) is 5.82 Å². The molecule has 0 radical (unpaired) electrons. The lowest BCUT2D eigenvalue weighted by molar-refractivity contribution is 0.161. The van der Waals surface area contributed by atoms with Gasteiger partial charge in [0.15, 0.2) is 0 Å². The van der Waals surface area contributed by atoms with Crippen LogP contribution in [0.3, 0.4) is 0 Å². The summed E-state index contributed by atoms with van der Waals surface area (Å²) in [7, 11) is 0. The first-order valence-electron chi connectivity index (χ1n) is 6.35. The average molecular weight is 272 g/mol. The molecule has 1 atom stereocenters. The molecule has 102 valence electrons. The first-order chi connectivity index (χ1) is 8.38. The number of hydrogen-bond acceptors (Lipinski definition) is 4. The first-order valence-corrected chi connectivity index (χ1v) is 6.72. The maximum atomic E-state index is 9.79. The van der Waals surface area contributed by atoms with E-state index in [-0.39, 0.29) is 12.0 Å². The molecule has 0 saturated carbocycles. The summed E-state index contributed by atoms with van der Waals surface area (Å²) in [4.78, 5) is 8.53. The SMILES string of the molecule is CC(C)CC(O)CNc1cc(Cl)nc(C(C)C)n1. The van der Waals surface area contributed by atoms with Crippen LogP contribution in [0.15, 0.2) is 6.07 Å². The summed E-state index contributed by atoms with van der Waals surface area (Å²) < 4.78 is 0. The summed E-state index contributed by atoms with van der Waals surface area (Å²) in [5, 5.41) is 13.3. The van der Waals surface area contributed by atoms with E-state index in [1.54, 1.807) is 6.07 Å². The van der Waals surface area contributed by atoms with Gasteiger partial charge in [-0.2, -0.15) is 0 Å². The van der Waals surface area contributed by atoms with Gasteiger partial charge in [0, 0.05) is 18.5 Å². The minimum Gasteiger partial charge on any atom is -0.391 e. The van der Waals surface area contributed by atoms with Gasteiger partial charge in [-0.3, -0.25) is 0 Å². The number of nitrogens with zero attached hydrogens (tertiary/aromatic N) is 2. The second-order valence-corrected chi connectivity index (χ2v) is 5.64. The van der Waals surface area contributed by atoms with Crippen LogP contribution < -0.4 is 5.32 Å². The summed E-state index contributed by atoms with van der Waals surface area (Å²) in [6.45, 7) is 8.68. The van der Waals surface area contributed by atoms with Gasteiger partial charge in [0.2, 0.25) is 0 Å². The summed E-state index contributed by atoms with van der Waals surface area (Å²) >= 11 is 5.94. The predicted molar refractivity (Wildman–Crippen MR) is 75.1 cm³/mol. The van der Waals surface area contributed by atoms with Crippen LogP contribution in [-0.2, 0) is 0 Å². The van der Waals surface area contributed by atoms with Crippen LogP contribution in [-0.4, -0.2) is 27.7 Å². The van der Waals surface area contributed by atoms with Crippen LogP contribution in [0.5, 0.6) is 0 Å². The maximum Gasteiger partial charge on any atom is 0.135 e. The Morgan fingerprint density at radius 1 is 1.28 bits per heavy atom. The van der Waals surface area contributed by atoms with Crippen molar-refractivity contribution in [3.8, 4) is 0 Å². The molecule has 5 heteroatoms. The van der Waals surface area contributed by atoms with Gasteiger partial charge in [0.05, 0.1) is 6.10 Å². The van der Waals surface area contributed by atoms with Gasteiger partial charge >= 0.3 is 0 Å². The molecule has 2 N–H and O–H groups in total. The zero-order chi connectivity index (χ0) is 13.7. The topological polar surface area (TPSA) is 58.0 Å². The number of hydrogen-bond donors (Lipinski definition) is 2. The molecule has 0 fully saturated rings.